The van der Waals surface area contributed by atoms with E-state index in [1.807, 2.05) is 11.3 Å². The van der Waals surface area contributed by atoms with Crippen LogP contribution in [-0.2, 0) is 13.0 Å². The second-order valence-electron chi connectivity index (χ2n) is 5.09. The molecule has 2 heterocycles. The van der Waals surface area contributed by atoms with Gasteiger partial charge in [0.1, 0.15) is 0 Å². The second-order valence-corrected chi connectivity index (χ2v) is 6.35. The molecular weight excluding hydrogens is 228 g/mol. The van der Waals surface area contributed by atoms with E-state index in [9.17, 15) is 0 Å². The molecule has 0 radical (unpaired) electrons. The number of piperidine rings is 1. The smallest absolute Gasteiger partial charge is 0.0447 e. The Morgan fingerprint density at radius 3 is 2.47 bits per heavy atom. The molecule has 0 aliphatic carbocycles. The van der Waals surface area contributed by atoms with Crippen LogP contribution in [0.1, 0.15) is 49.8 Å². The summed E-state index contributed by atoms with van der Waals surface area (Å²) in [5.41, 5.74) is 3.62. The summed E-state index contributed by atoms with van der Waals surface area (Å²) in [7, 11) is 0. The van der Waals surface area contributed by atoms with Crippen LogP contribution < -0.4 is 5.43 Å². The van der Waals surface area contributed by atoms with Gasteiger partial charge in [0.2, 0.25) is 0 Å². The number of nitrogens with zero attached hydrogens (tertiary/aromatic N) is 1. The molecule has 2 nitrogen and oxygen atoms in total. The molecule has 1 aromatic heterocycles. The van der Waals surface area contributed by atoms with Gasteiger partial charge in [0.05, 0.1) is 0 Å². The van der Waals surface area contributed by atoms with E-state index in [2.05, 4.69) is 43.3 Å². The van der Waals surface area contributed by atoms with Crippen molar-refractivity contribution in [1.29, 1.82) is 0 Å². The molecule has 1 aliphatic heterocycles. The van der Waals surface area contributed by atoms with E-state index < -0.39 is 0 Å². The molecule has 1 fully saturated rings. The number of hydrogen-bond acceptors (Lipinski definition) is 3. The lowest BCUT2D eigenvalue weighted by atomic mass is 10.00. The van der Waals surface area contributed by atoms with Crippen molar-refractivity contribution in [3.05, 3.63) is 21.9 Å². The summed E-state index contributed by atoms with van der Waals surface area (Å²) in [5, 5.41) is 2.45. The van der Waals surface area contributed by atoms with Crippen molar-refractivity contribution in [1.82, 2.24) is 10.4 Å². The van der Waals surface area contributed by atoms with Crippen molar-refractivity contribution >= 4 is 11.3 Å². The highest BCUT2D eigenvalue weighted by Gasteiger charge is 2.24. The number of aryl methyl sites for hydroxylation is 1. The highest BCUT2D eigenvalue weighted by molar-refractivity contribution is 7.11. The summed E-state index contributed by atoms with van der Waals surface area (Å²) in [4.78, 5) is 2.94. The first-order chi connectivity index (χ1) is 8.20. The van der Waals surface area contributed by atoms with Gasteiger partial charge in [-0.05, 0) is 45.2 Å². The molecule has 1 aliphatic rings. The Morgan fingerprint density at radius 1 is 1.24 bits per heavy atom. The summed E-state index contributed by atoms with van der Waals surface area (Å²) in [6, 6.07) is 5.86. The molecule has 96 valence electrons. The number of rotatable bonds is 4. The van der Waals surface area contributed by atoms with Crippen LogP contribution in [-0.4, -0.2) is 17.1 Å². The van der Waals surface area contributed by atoms with E-state index in [0.717, 1.165) is 13.0 Å². The van der Waals surface area contributed by atoms with Crippen LogP contribution in [0.5, 0.6) is 0 Å². The van der Waals surface area contributed by atoms with Gasteiger partial charge >= 0.3 is 0 Å². The highest BCUT2D eigenvalue weighted by atomic mass is 32.1. The van der Waals surface area contributed by atoms with Gasteiger partial charge in [-0.3, -0.25) is 0 Å². The van der Waals surface area contributed by atoms with E-state index >= 15 is 0 Å². The first-order valence-electron chi connectivity index (χ1n) is 6.80. The molecule has 0 bridgehead atoms. The molecule has 1 saturated heterocycles. The maximum atomic E-state index is 3.62. The zero-order valence-electron chi connectivity index (χ0n) is 11.2. The zero-order valence-corrected chi connectivity index (χ0v) is 12.0. The quantitative estimate of drug-likeness (QED) is 0.881. The maximum absolute atomic E-state index is 3.62. The molecule has 0 amide bonds. The Balaban J connectivity index is 1.87. The summed E-state index contributed by atoms with van der Waals surface area (Å²) in [6.45, 7) is 7.86. The van der Waals surface area contributed by atoms with Crippen molar-refractivity contribution in [2.24, 2.45) is 0 Å². The van der Waals surface area contributed by atoms with Gasteiger partial charge in [0.25, 0.3) is 0 Å². The van der Waals surface area contributed by atoms with Gasteiger partial charge in [0, 0.05) is 28.4 Å². The minimum Gasteiger partial charge on any atom is -0.249 e. The largest absolute Gasteiger partial charge is 0.249 e. The molecule has 1 aromatic rings. The van der Waals surface area contributed by atoms with Crippen molar-refractivity contribution in [3.63, 3.8) is 0 Å². The predicted octanol–water partition coefficient (Wildman–Crippen LogP) is 3.58. The Morgan fingerprint density at radius 2 is 1.88 bits per heavy atom. The van der Waals surface area contributed by atoms with Crippen LogP contribution in [0.2, 0.25) is 0 Å². The topological polar surface area (TPSA) is 15.3 Å². The van der Waals surface area contributed by atoms with Crippen LogP contribution in [0, 0.1) is 0 Å². The molecular formula is C14H24N2S. The van der Waals surface area contributed by atoms with Gasteiger partial charge < -0.3 is 0 Å². The molecule has 1 N–H and O–H groups in total. The number of hydrazine groups is 1. The Hall–Kier alpha value is -0.380. The summed E-state index contributed by atoms with van der Waals surface area (Å²) in [6.07, 6.45) is 5.17. The van der Waals surface area contributed by atoms with Gasteiger partial charge in [0.15, 0.2) is 0 Å². The van der Waals surface area contributed by atoms with E-state index in [-0.39, 0.29) is 0 Å². The lowest BCUT2D eigenvalue weighted by Crippen LogP contribution is -2.51. The monoisotopic (exact) mass is 252 g/mol. The van der Waals surface area contributed by atoms with Crippen LogP contribution in [0.4, 0.5) is 0 Å². The fourth-order valence-corrected chi connectivity index (χ4v) is 3.50. The summed E-state index contributed by atoms with van der Waals surface area (Å²) in [5.74, 6) is 0. The third kappa shape index (κ3) is 3.30. The van der Waals surface area contributed by atoms with Gasteiger partial charge in [-0.2, -0.15) is 0 Å². The molecule has 17 heavy (non-hydrogen) atoms. The first-order valence-corrected chi connectivity index (χ1v) is 7.61. The highest BCUT2D eigenvalue weighted by Crippen LogP contribution is 2.22. The SMILES string of the molecule is CCc1ccc(CNN2C(C)CCCC2C)s1. The minimum atomic E-state index is 0.671. The Kier molecular flexibility index (Phi) is 4.60. The molecule has 2 unspecified atom stereocenters. The molecule has 0 spiro atoms. The van der Waals surface area contributed by atoms with Crippen LogP contribution in [0.15, 0.2) is 12.1 Å². The van der Waals surface area contributed by atoms with E-state index in [4.69, 9.17) is 0 Å². The molecule has 2 rings (SSSR count). The fraction of sp³-hybridized carbons (Fsp3) is 0.714. The Labute approximate surface area is 109 Å². The van der Waals surface area contributed by atoms with Crippen molar-refractivity contribution in [3.8, 4) is 0 Å². The number of thiophene rings is 1. The molecule has 3 heteroatoms. The summed E-state index contributed by atoms with van der Waals surface area (Å²) >= 11 is 1.93. The standard InChI is InChI=1S/C14H24N2S/c1-4-13-8-9-14(17-13)10-15-16-11(2)6-5-7-12(16)3/h8-9,11-12,15H,4-7,10H2,1-3H3. The van der Waals surface area contributed by atoms with Crippen molar-refractivity contribution in [2.45, 2.75) is 65.1 Å². The zero-order chi connectivity index (χ0) is 12.3. The minimum absolute atomic E-state index is 0.671. The van der Waals surface area contributed by atoms with Crippen LogP contribution in [0.3, 0.4) is 0 Å². The van der Waals surface area contributed by atoms with Crippen LogP contribution >= 0.6 is 11.3 Å². The third-order valence-corrected chi connectivity index (χ3v) is 4.92. The maximum Gasteiger partial charge on any atom is 0.0447 e. The fourth-order valence-electron chi connectivity index (χ4n) is 2.61. The molecule has 0 saturated carbocycles. The lowest BCUT2D eigenvalue weighted by molar-refractivity contribution is 0.0439. The van der Waals surface area contributed by atoms with Gasteiger partial charge in [-0.15, -0.1) is 11.3 Å². The normalized spacial score (nSPS) is 26.3. The average Bonchev–Trinajstić information content (AvgIpc) is 2.76. The van der Waals surface area contributed by atoms with E-state index in [0.29, 0.717) is 12.1 Å². The van der Waals surface area contributed by atoms with Crippen LogP contribution in [0.25, 0.3) is 0 Å². The average molecular weight is 252 g/mol. The van der Waals surface area contributed by atoms with Crippen molar-refractivity contribution < 1.29 is 0 Å². The summed E-state index contributed by atoms with van der Waals surface area (Å²) < 4.78 is 0. The molecule has 0 aromatic carbocycles. The van der Waals surface area contributed by atoms with Crippen molar-refractivity contribution in [2.75, 3.05) is 0 Å². The first kappa shape index (κ1) is 13.1. The number of hydrogen-bond donors (Lipinski definition) is 1. The van der Waals surface area contributed by atoms with Gasteiger partial charge in [-0.25, -0.2) is 10.4 Å². The Bertz CT molecular complexity index is 338. The van der Waals surface area contributed by atoms with Gasteiger partial charge in [-0.1, -0.05) is 13.3 Å². The predicted molar refractivity (Wildman–Crippen MR) is 75.2 cm³/mol. The van der Waals surface area contributed by atoms with E-state index in [1.54, 1.807) is 0 Å². The lowest BCUT2D eigenvalue weighted by Gasteiger charge is -2.39. The molecule has 2 atom stereocenters. The number of nitrogens with one attached hydrogen (secondary N) is 1. The third-order valence-electron chi connectivity index (χ3n) is 3.70. The van der Waals surface area contributed by atoms with E-state index in [1.165, 1.54) is 29.0 Å². The second kappa shape index (κ2) is 5.98.